The van der Waals surface area contributed by atoms with Crippen LogP contribution in [0, 0.1) is 0 Å². The second-order valence-corrected chi connectivity index (χ2v) is 21.7. The standard InChI is InChI=1S/C76H47N5/c1-4-20-46(21-5-1)72-77-67(50-27-18-26-49(42-50)53-33-19-37-66-71(53)60-32-14-17-36-65(60)76(66)63-34-15-12-28-54(63)55-29-13-16-35-64(55)76)45-68(78-72)51-38-40-58-61(43-51)69-56-30-10-11-31-57(56)70(58)62-44-52(39-41-59(62)69)75-80-73(47-22-6-2-7-23-47)79-74(81-75)48-24-8-3-9-25-48/h1-45,69-70H. The minimum atomic E-state index is -0.421. The molecule has 0 radical (unpaired) electrons. The van der Waals surface area contributed by atoms with Crippen molar-refractivity contribution in [1.82, 2.24) is 24.9 Å². The molecular formula is C76H47N5. The summed E-state index contributed by atoms with van der Waals surface area (Å²) in [5.41, 5.74) is 28.0. The number of hydrogen-bond donors (Lipinski definition) is 0. The zero-order valence-electron chi connectivity index (χ0n) is 43.9. The summed E-state index contributed by atoms with van der Waals surface area (Å²) in [7, 11) is 0. The summed E-state index contributed by atoms with van der Waals surface area (Å²) in [5.74, 6) is 2.70. The Morgan fingerprint density at radius 2 is 0.593 bits per heavy atom. The van der Waals surface area contributed by atoms with Crippen LogP contribution < -0.4 is 0 Å². The lowest BCUT2D eigenvalue weighted by Crippen LogP contribution is -2.27. The summed E-state index contributed by atoms with van der Waals surface area (Å²) in [4.78, 5) is 26.1. The summed E-state index contributed by atoms with van der Waals surface area (Å²) in [6, 6.07) is 98.8. The molecule has 5 aliphatic carbocycles. The average Bonchev–Trinajstić information content (AvgIpc) is 3.70. The molecule has 376 valence electrons. The van der Waals surface area contributed by atoms with Gasteiger partial charge in [-0.15, -0.1) is 0 Å². The second-order valence-electron chi connectivity index (χ2n) is 21.7. The van der Waals surface area contributed by atoms with Gasteiger partial charge in [-0.25, -0.2) is 24.9 Å². The van der Waals surface area contributed by atoms with E-state index in [1.807, 2.05) is 42.5 Å². The molecule has 13 aromatic rings. The molecule has 0 N–H and O–H groups in total. The molecule has 2 bridgehead atoms. The Morgan fingerprint density at radius 3 is 1.16 bits per heavy atom. The van der Waals surface area contributed by atoms with Gasteiger partial charge in [-0.05, 0) is 113 Å². The molecule has 2 aromatic heterocycles. The van der Waals surface area contributed by atoms with E-state index in [-0.39, 0.29) is 11.8 Å². The van der Waals surface area contributed by atoms with Crippen molar-refractivity contribution in [3.05, 3.63) is 329 Å². The van der Waals surface area contributed by atoms with E-state index in [1.54, 1.807) is 0 Å². The fraction of sp³-hybridized carbons (Fsp3) is 0.0395. The van der Waals surface area contributed by atoms with Gasteiger partial charge in [0.15, 0.2) is 23.3 Å². The zero-order chi connectivity index (χ0) is 53.2. The summed E-state index contributed by atoms with van der Waals surface area (Å²) in [6.07, 6.45) is 0. The Hall–Kier alpha value is -10.5. The molecule has 1 spiro atoms. The molecule has 81 heavy (non-hydrogen) atoms. The number of fused-ring (bicyclic) bond motifs is 10. The third-order valence-corrected chi connectivity index (χ3v) is 17.5. The maximum Gasteiger partial charge on any atom is 0.164 e. The van der Waals surface area contributed by atoms with E-state index in [9.17, 15) is 0 Å². The van der Waals surface area contributed by atoms with Crippen molar-refractivity contribution in [3.63, 3.8) is 0 Å². The van der Waals surface area contributed by atoms with Crippen LogP contribution in [-0.4, -0.2) is 24.9 Å². The van der Waals surface area contributed by atoms with Crippen molar-refractivity contribution < 1.29 is 0 Å². The first-order valence-electron chi connectivity index (χ1n) is 27.9. The van der Waals surface area contributed by atoms with Gasteiger partial charge in [0.05, 0.1) is 16.8 Å². The van der Waals surface area contributed by atoms with Crippen LogP contribution in [0.2, 0.25) is 0 Å². The number of rotatable bonds is 7. The Bertz CT molecular complexity index is 4620. The minimum Gasteiger partial charge on any atom is -0.228 e. The van der Waals surface area contributed by atoms with Crippen molar-refractivity contribution in [2.75, 3.05) is 0 Å². The van der Waals surface area contributed by atoms with E-state index in [0.717, 1.165) is 50.3 Å². The van der Waals surface area contributed by atoms with Crippen molar-refractivity contribution in [1.29, 1.82) is 0 Å². The van der Waals surface area contributed by atoms with Gasteiger partial charge < -0.3 is 0 Å². The SMILES string of the molecule is c1ccc(-c2nc(-c3cccc(-c4cccc5c4-c4ccccc4C54c5ccccc5-c5ccccc54)c3)cc(-c3ccc4c(c3)C3c5ccccc5C4c4cc(-c5nc(-c6ccccc6)nc(-c6ccccc6)n5)ccc43)n2)cc1. The quantitative estimate of drug-likeness (QED) is 0.159. The number of aromatic nitrogens is 5. The lowest BCUT2D eigenvalue weighted by Gasteiger charge is -2.42. The van der Waals surface area contributed by atoms with Gasteiger partial charge in [0, 0.05) is 45.2 Å². The van der Waals surface area contributed by atoms with Gasteiger partial charge in [-0.3, -0.25) is 0 Å². The van der Waals surface area contributed by atoms with E-state index in [2.05, 4.69) is 231 Å². The average molecular weight is 1030 g/mol. The van der Waals surface area contributed by atoms with Crippen molar-refractivity contribution in [3.8, 4) is 101 Å². The predicted octanol–water partition coefficient (Wildman–Crippen LogP) is 17.7. The smallest absolute Gasteiger partial charge is 0.164 e. The van der Waals surface area contributed by atoms with Gasteiger partial charge in [-0.1, -0.05) is 249 Å². The molecule has 2 atom stereocenters. The molecular weight excluding hydrogens is 983 g/mol. The minimum absolute atomic E-state index is 0.0252. The van der Waals surface area contributed by atoms with E-state index >= 15 is 0 Å². The van der Waals surface area contributed by atoms with Crippen LogP contribution in [0.4, 0.5) is 0 Å². The van der Waals surface area contributed by atoms with Gasteiger partial charge in [-0.2, -0.15) is 0 Å². The molecule has 0 amide bonds. The molecule has 0 aliphatic heterocycles. The Labute approximate surface area is 469 Å². The topological polar surface area (TPSA) is 64.5 Å². The molecule has 5 aliphatic rings. The number of benzene rings is 11. The number of nitrogens with zero attached hydrogens (tertiary/aromatic N) is 5. The van der Waals surface area contributed by atoms with Crippen LogP contribution >= 0.6 is 0 Å². The summed E-state index contributed by atoms with van der Waals surface area (Å²) in [6.45, 7) is 0. The van der Waals surface area contributed by atoms with Crippen molar-refractivity contribution in [2.45, 2.75) is 17.3 Å². The van der Waals surface area contributed by atoms with E-state index in [1.165, 1.54) is 83.5 Å². The molecule has 2 heterocycles. The fourth-order valence-corrected chi connectivity index (χ4v) is 14.1. The first kappa shape index (κ1) is 45.5. The Morgan fingerprint density at radius 1 is 0.222 bits per heavy atom. The van der Waals surface area contributed by atoms with Gasteiger partial charge in [0.2, 0.25) is 0 Å². The Kier molecular flexibility index (Phi) is 9.98. The third-order valence-electron chi connectivity index (χ3n) is 17.5. The maximum atomic E-state index is 5.40. The molecule has 5 heteroatoms. The third kappa shape index (κ3) is 6.82. The van der Waals surface area contributed by atoms with E-state index in [4.69, 9.17) is 24.9 Å². The van der Waals surface area contributed by atoms with Gasteiger partial charge >= 0.3 is 0 Å². The fourth-order valence-electron chi connectivity index (χ4n) is 14.1. The highest BCUT2D eigenvalue weighted by atomic mass is 15.0. The largest absolute Gasteiger partial charge is 0.228 e. The number of hydrogen-bond acceptors (Lipinski definition) is 5. The van der Waals surface area contributed by atoms with Crippen LogP contribution in [0.25, 0.3) is 101 Å². The zero-order valence-corrected chi connectivity index (χ0v) is 43.9. The van der Waals surface area contributed by atoms with Crippen molar-refractivity contribution >= 4 is 0 Å². The summed E-state index contributed by atoms with van der Waals surface area (Å²) >= 11 is 0. The molecule has 0 saturated carbocycles. The lowest BCUT2D eigenvalue weighted by atomic mass is 9.60. The maximum absolute atomic E-state index is 5.40. The molecule has 0 fully saturated rings. The molecule has 2 unspecified atom stereocenters. The second kappa shape index (κ2) is 17.8. The predicted molar refractivity (Wildman–Crippen MR) is 325 cm³/mol. The van der Waals surface area contributed by atoms with Crippen LogP contribution in [0.3, 0.4) is 0 Å². The molecule has 0 saturated heterocycles. The van der Waals surface area contributed by atoms with E-state index < -0.39 is 5.41 Å². The van der Waals surface area contributed by atoms with Crippen LogP contribution in [0.15, 0.2) is 273 Å². The highest BCUT2D eigenvalue weighted by Crippen LogP contribution is 2.64. The van der Waals surface area contributed by atoms with Gasteiger partial charge in [0.25, 0.3) is 0 Å². The Balaban J connectivity index is 0.782. The van der Waals surface area contributed by atoms with Crippen LogP contribution in [0.5, 0.6) is 0 Å². The van der Waals surface area contributed by atoms with Crippen LogP contribution in [0.1, 0.15) is 67.5 Å². The van der Waals surface area contributed by atoms with Gasteiger partial charge in [0.1, 0.15) is 0 Å². The highest BCUT2D eigenvalue weighted by Gasteiger charge is 2.52. The summed E-state index contributed by atoms with van der Waals surface area (Å²) < 4.78 is 0. The van der Waals surface area contributed by atoms with Crippen LogP contribution in [-0.2, 0) is 5.41 Å². The molecule has 18 rings (SSSR count). The van der Waals surface area contributed by atoms with E-state index in [0.29, 0.717) is 23.3 Å². The summed E-state index contributed by atoms with van der Waals surface area (Å²) in [5, 5.41) is 0. The normalized spacial score (nSPS) is 15.0. The van der Waals surface area contributed by atoms with Crippen molar-refractivity contribution in [2.24, 2.45) is 0 Å². The molecule has 11 aromatic carbocycles. The first-order valence-corrected chi connectivity index (χ1v) is 27.9. The lowest BCUT2D eigenvalue weighted by molar-refractivity contribution is 0.754. The monoisotopic (exact) mass is 1030 g/mol. The first-order chi connectivity index (χ1) is 40.2. The highest BCUT2D eigenvalue weighted by molar-refractivity contribution is 6.00. The molecule has 5 nitrogen and oxygen atoms in total.